The molecule has 210 valence electrons. The quantitative estimate of drug-likeness (QED) is 0.145. The standard InChI is InChI=1S/C44H34/c1-3-15-30-17-4-7-20-33(30)42-29(2)16-14-27-40(42)43-36-23-10-12-25-38(36)44(39-26-13-11-24-37(39)43)41-28-31-18-5-6-19-32(31)34-21-8-9-22-35(34)41/h4-14,16-28H,3,15H2,1-2H3. The second-order valence-electron chi connectivity index (χ2n) is 11.9. The lowest BCUT2D eigenvalue weighted by molar-refractivity contribution is 0.923. The van der Waals surface area contributed by atoms with Crippen LogP contribution in [0.1, 0.15) is 24.5 Å². The van der Waals surface area contributed by atoms with Gasteiger partial charge in [0.15, 0.2) is 0 Å². The van der Waals surface area contributed by atoms with Gasteiger partial charge in [-0.3, -0.25) is 0 Å². The average Bonchev–Trinajstić information content (AvgIpc) is 3.07. The second kappa shape index (κ2) is 10.8. The highest BCUT2D eigenvalue weighted by Crippen LogP contribution is 2.48. The van der Waals surface area contributed by atoms with Gasteiger partial charge in [0.25, 0.3) is 0 Å². The van der Waals surface area contributed by atoms with E-state index in [9.17, 15) is 0 Å². The minimum atomic E-state index is 1.07. The van der Waals surface area contributed by atoms with Gasteiger partial charge in [-0.15, -0.1) is 0 Å². The van der Waals surface area contributed by atoms with Gasteiger partial charge in [-0.2, -0.15) is 0 Å². The number of fused-ring (bicyclic) bond motifs is 5. The van der Waals surface area contributed by atoms with Gasteiger partial charge in [0.1, 0.15) is 0 Å². The molecule has 0 N–H and O–H groups in total. The molecule has 0 bridgehead atoms. The van der Waals surface area contributed by atoms with Gasteiger partial charge in [-0.25, -0.2) is 0 Å². The molecule has 0 saturated heterocycles. The lowest BCUT2D eigenvalue weighted by Gasteiger charge is -2.22. The van der Waals surface area contributed by atoms with Crippen LogP contribution in [0.15, 0.2) is 146 Å². The summed E-state index contributed by atoms with van der Waals surface area (Å²) in [6.07, 6.45) is 2.19. The van der Waals surface area contributed by atoms with Crippen molar-refractivity contribution in [3.05, 3.63) is 157 Å². The fourth-order valence-electron chi connectivity index (χ4n) is 7.45. The Labute approximate surface area is 259 Å². The SMILES string of the molecule is CCCc1ccccc1-c1c(C)cccc1-c1c2ccccc2c(-c2cc3ccccc3c3ccccc23)c2ccccc12. The van der Waals surface area contributed by atoms with E-state index in [1.807, 2.05) is 0 Å². The van der Waals surface area contributed by atoms with Crippen LogP contribution >= 0.6 is 0 Å². The van der Waals surface area contributed by atoms with Crippen molar-refractivity contribution in [3.63, 3.8) is 0 Å². The normalized spacial score (nSPS) is 11.6. The topological polar surface area (TPSA) is 0 Å². The molecule has 0 heteroatoms. The van der Waals surface area contributed by atoms with Crippen molar-refractivity contribution in [2.75, 3.05) is 0 Å². The lowest BCUT2D eigenvalue weighted by atomic mass is 9.81. The largest absolute Gasteiger partial charge is 0.0651 e. The van der Waals surface area contributed by atoms with E-state index in [1.54, 1.807) is 0 Å². The Morgan fingerprint density at radius 1 is 0.386 bits per heavy atom. The van der Waals surface area contributed by atoms with Gasteiger partial charge in [0.2, 0.25) is 0 Å². The Kier molecular flexibility index (Phi) is 6.50. The highest BCUT2D eigenvalue weighted by Gasteiger charge is 2.21. The Morgan fingerprint density at radius 2 is 0.886 bits per heavy atom. The molecule has 0 amide bonds. The molecule has 8 rings (SSSR count). The molecule has 0 radical (unpaired) electrons. The van der Waals surface area contributed by atoms with Crippen LogP contribution in [0.5, 0.6) is 0 Å². The van der Waals surface area contributed by atoms with E-state index in [1.165, 1.54) is 87.6 Å². The predicted molar refractivity (Wildman–Crippen MR) is 192 cm³/mol. The zero-order chi connectivity index (χ0) is 29.6. The van der Waals surface area contributed by atoms with E-state index in [0.717, 1.165) is 12.8 Å². The van der Waals surface area contributed by atoms with E-state index >= 15 is 0 Å². The minimum Gasteiger partial charge on any atom is -0.0651 e. The molecular weight excluding hydrogens is 528 g/mol. The van der Waals surface area contributed by atoms with Crippen LogP contribution in [0.2, 0.25) is 0 Å². The summed E-state index contributed by atoms with van der Waals surface area (Å²) in [5.74, 6) is 0. The third-order valence-corrected chi connectivity index (χ3v) is 9.32. The monoisotopic (exact) mass is 562 g/mol. The first kappa shape index (κ1) is 26.4. The summed E-state index contributed by atoms with van der Waals surface area (Å²) < 4.78 is 0. The fourth-order valence-corrected chi connectivity index (χ4v) is 7.45. The highest BCUT2D eigenvalue weighted by molar-refractivity contribution is 6.26. The molecule has 8 aromatic carbocycles. The molecule has 0 nitrogen and oxygen atoms in total. The number of hydrogen-bond acceptors (Lipinski definition) is 0. The van der Waals surface area contributed by atoms with Crippen LogP contribution in [0.25, 0.3) is 76.5 Å². The summed E-state index contributed by atoms with van der Waals surface area (Å²) in [6.45, 7) is 4.54. The summed E-state index contributed by atoms with van der Waals surface area (Å²) in [5, 5.41) is 10.3. The van der Waals surface area contributed by atoms with Crippen molar-refractivity contribution in [2.24, 2.45) is 0 Å². The third kappa shape index (κ3) is 4.13. The fraction of sp³-hybridized carbons (Fsp3) is 0.0909. The minimum absolute atomic E-state index is 1.07. The zero-order valence-electron chi connectivity index (χ0n) is 25.3. The molecule has 0 unspecified atom stereocenters. The molecule has 0 spiro atoms. The van der Waals surface area contributed by atoms with Gasteiger partial charge in [0.05, 0.1) is 0 Å². The molecule has 0 aliphatic carbocycles. The van der Waals surface area contributed by atoms with Crippen LogP contribution in [-0.2, 0) is 6.42 Å². The Morgan fingerprint density at radius 3 is 1.55 bits per heavy atom. The van der Waals surface area contributed by atoms with Gasteiger partial charge in [-0.1, -0.05) is 153 Å². The Balaban J connectivity index is 1.53. The van der Waals surface area contributed by atoms with Crippen molar-refractivity contribution in [3.8, 4) is 33.4 Å². The van der Waals surface area contributed by atoms with Gasteiger partial charge in [-0.05, 0) is 107 Å². The number of aryl methyl sites for hydroxylation is 2. The third-order valence-electron chi connectivity index (χ3n) is 9.32. The molecule has 8 aromatic rings. The van der Waals surface area contributed by atoms with Crippen LogP contribution in [0.4, 0.5) is 0 Å². The Hall–Kier alpha value is -5.20. The molecule has 0 saturated carbocycles. The molecule has 0 heterocycles. The molecule has 0 atom stereocenters. The van der Waals surface area contributed by atoms with Crippen LogP contribution in [0.3, 0.4) is 0 Å². The summed E-state index contributed by atoms with van der Waals surface area (Å²) in [7, 11) is 0. The molecule has 0 aliphatic rings. The first-order valence-corrected chi connectivity index (χ1v) is 15.8. The smallest absolute Gasteiger partial charge is 0.00199 e. The van der Waals surface area contributed by atoms with Gasteiger partial charge < -0.3 is 0 Å². The molecular formula is C44H34. The second-order valence-corrected chi connectivity index (χ2v) is 11.9. The van der Waals surface area contributed by atoms with Crippen LogP contribution < -0.4 is 0 Å². The average molecular weight is 563 g/mol. The van der Waals surface area contributed by atoms with Crippen molar-refractivity contribution in [2.45, 2.75) is 26.7 Å². The number of hydrogen-bond donors (Lipinski definition) is 0. The van der Waals surface area contributed by atoms with E-state index in [-0.39, 0.29) is 0 Å². The maximum atomic E-state index is 2.41. The number of rotatable bonds is 5. The lowest BCUT2D eigenvalue weighted by Crippen LogP contribution is -1.97. The maximum Gasteiger partial charge on any atom is -0.00199 e. The van der Waals surface area contributed by atoms with Crippen LogP contribution in [-0.4, -0.2) is 0 Å². The van der Waals surface area contributed by atoms with Crippen molar-refractivity contribution in [1.82, 2.24) is 0 Å². The van der Waals surface area contributed by atoms with E-state index in [2.05, 4.69) is 159 Å². The summed E-state index contributed by atoms with van der Waals surface area (Å²) in [6, 6.07) is 54.0. The first-order valence-electron chi connectivity index (χ1n) is 15.8. The molecule has 0 aromatic heterocycles. The van der Waals surface area contributed by atoms with E-state index in [4.69, 9.17) is 0 Å². The molecule has 44 heavy (non-hydrogen) atoms. The molecule has 0 aliphatic heterocycles. The van der Waals surface area contributed by atoms with Crippen molar-refractivity contribution >= 4 is 43.1 Å². The summed E-state index contributed by atoms with van der Waals surface area (Å²) >= 11 is 0. The highest BCUT2D eigenvalue weighted by atomic mass is 14.2. The first-order chi connectivity index (χ1) is 21.7. The zero-order valence-corrected chi connectivity index (χ0v) is 25.3. The molecule has 0 fully saturated rings. The maximum absolute atomic E-state index is 2.41. The summed E-state index contributed by atoms with van der Waals surface area (Å²) in [5.41, 5.74) is 10.6. The number of benzene rings is 8. The Bertz CT molecular complexity index is 2300. The van der Waals surface area contributed by atoms with Crippen LogP contribution in [0, 0.1) is 6.92 Å². The van der Waals surface area contributed by atoms with Gasteiger partial charge >= 0.3 is 0 Å². The van der Waals surface area contributed by atoms with E-state index in [0.29, 0.717) is 0 Å². The predicted octanol–water partition coefficient (Wildman–Crippen LogP) is 12.6. The van der Waals surface area contributed by atoms with Gasteiger partial charge in [0, 0.05) is 0 Å². The van der Waals surface area contributed by atoms with E-state index < -0.39 is 0 Å². The van der Waals surface area contributed by atoms with Crippen molar-refractivity contribution in [1.29, 1.82) is 0 Å². The summed E-state index contributed by atoms with van der Waals surface area (Å²) in [4.78, 5) is 0. The van der Waals surface area contributed by atoms with Crippen molar-refractivity contribution < 1.29 is 0 Å².